The Hall–Kier alpha value is -0.0400. The summed E-state index contributed by atoms with van der Waals surface area (Å²) in [5, 5.41) is 0. The van der Waals surface area contributed by atoms with Crippen LogP contribution in [0.25, 0.3) is 0 Å². The van der Waals surface area contributed by atoms with Crippen LogP contribution in [0.5, 0.6) is 0 Å². The summed E-state index contributed by atoms with van der Waals surface area (Å²) in [7, 11) is 0. The molecule has 0 aromatic heterocycles. The molecule has 1 heteroatoms. The summed E-state index contributed by atoms with van der Waals surface area (Å²) in [6.45, 7) is 6.61. The zero-order valence-electron chi connectivity index (χ0n) is 9.68. The zero-order chi connectivity index (χ0) is 10.1. The van der Waals surface area contributed by atoms with E-state index in [-0.39, 0.29) is 0 Å². The van der Waals surface area contributed by atoms with E-state index in [4.69, 9.17) is 5.73 Å². The molecule has 0 aliphatic heterocycles. The van der Waals surface area contributed by atoms with Gasteiger partial charge in [-0.1, -0.05) is 52.9 Å². The van der Waals surface area contributed by atoms with Gasteiger partial charge in [-0.25, -0.2) is 0 Å². The fourth-order valence-corrected chi connectivity index (χ4v) is 1.75. The Bertz CT molecular complexity index is 81.3. The summed E-state index contributed by atoms with van der Waals surface area (Å²) in [6.07, 6.45) is 9.25. The second kappa shape index (κ2) is 8.55. The van der Waals surface area contributed by atoms with E-state index in [1.54, 1.807) is 0 Å². The van der Waals surface area contributed by atoms with Crippen molar-refractivity contribution in [1.29, 1.82) is 0 Å². The molecule has 0 amide bonds. The summed E-state index contributed by atoms with van der Waals surface area (Å²) in [5.74, 6) is 0.951. The Balaban J connectivity index is 0.000000424. The van der Waals surface area contributed by atoms with Gasteiger partial charge in [0.15, 0.2) is 0 Å². The van der Waals surface area contributed by atoms with Crippen LogP contribution in [0.4, 0.5) is 0 Å². The predicted octanol–water partition coefficient (Wildman–Crippen LogP) is 3.72. The number of hydrogen-bond acceptors (Lipinski definition) is 1. The van der Waals surface area contributed by atoms with Crippen molar-refractivity contribution in [2.75, 3.05) is 0 Å². The molecule has 1 saturated carbocycles. The predicted molar refractivity (Wildman–Crippen MR) is 60.8 cm³/mol. The zero-order valence-corrected chi connectivity index (χ0v) is 9.68. The van der Waals surface area contributed by atoms with Crippen molar-refractivity contribution in [3.8, 4) is 0 Å². The van der Waals surface area contributed by atoms with Gasteiger partial charge in [0.2, 0.25) is 0 Å². The maximum Gasteiger partial charge on any atom is 0.00388 e. The third-order valence-corrected chi connectivity index (χ3v) is 2.54. The van der Waals surface area contributed by atoms with Crippen molar-refractivity contribution >= 4 is 0 Å². The Labute approximate surface area is 84.1 Å². The molecule has 0 aromatic rings. The topological polar surface area (TPSA) is 26.0 Å². The van der Waals surface area contributed by atoms with Crippen LogP contribution >= 0.6 is 0 Å². The van der Waals surface area contributed by atoms with Crippen LogP contribution in [-0.4, -0.2) is 6.04 Å². The molecular formula is C12H27N. The lowest BCUT2D eigenvalue weighted by Crippen LogP contribution is -2.21. The molecule has 1 rings (SSSR count). The van der Waals surface area contributed by atoms with Crippen molar-refractivity contribution in [1.82, 2.24) is 0 Å². The normalized spacial score (nSPS) is 29.5. The molecule has 0 unspecified atom stereocenters. The fourth-order valence-electron chi connectivity index (χ4n) is 1.75. The lowest BCUT2D eigenvalue weighted by molar-refractivity contribution is 0.378. The first kappa shape index (κ1) is 13.0. The third kappa shape index (κ3) is 8.29. The van der Waals surface area contributed by atoms with E-state index in [1.165, 1.54) is 44.9 Å². The van der Waals surface area contributed by atoms with Crippen LogP contribution in [0.15, 0.2) is 0 Å². The van der Waals surface area contributed by atoms with Crippen LogP contribution in [0, 0.1) is 5.92 Å². The van der Waals surface area contributed by atoms with Crippen LogP contribution in [0.1, 0.15) is 65.7 Å². The number of hydrogen-bond donors (Lipinski definition) is 1. The highest BCUT2D eigenvalue weighted by atomic mass is 14.6. The number of nitrogens with two attached hydrogens (primary N) is 1. The van der Waals surface area contributed by atoms with Crippen molar-refractivity contribution in [3.05, 3.63) is 0 Å². The molecule has 0 bridgehead atoms. The Kier molecular flexibility index (Phi) is 8.53. The third-order valence-electron chi connectivity index (χ3n) is 2.54. The highest BCUT2D eigenvalue weighted by Crippen LogP contribution is 2.20. The van der Waals surface area contributed by atoms with Crippen LogP contribution < -0.4 is 5.73 Å². The van der Waals surface area contributed by atoms with Gasteiger partial charge in [-0.15, -0.1) is 0 Å². The van der Waals surface area contributed by atoms with E-state index in [1.807, 2.05) is 0 Å². The van der Waals surface area contributed by atoms with E-state index in [2.05, 4.69) is 20.8 Å². The molecule has 1 aliphatic rings. The summed E-state index contributed by atoms with van der Waals surface area (Å²) in [6, 6.07) is 0.507. The standard InChI is InChI=1S/C9H19N.C3H8/c1-8-4-2-6-9(10)7-3-5-8;1-3-2/h8-9H,2-7,10H2,1H3;3H2,1-2H3. The molecule has 0 spiro atoms. The monoisotopic (exact) mass is 185 g/mol. The minimum Gasteiger partial charge on any atom is -0.328 e. The molecular weight excluding hydrogens is 158 g/mol. The van der Waals surface area contributed by atoms with Crippen molar-refractivity contribution in [2.45, 2.75) is 71.8 Å². The van der Waals surface area contributed by atoms with Crippen molar-refractivity contribution in [2.24, 2.45) is 11.7 Å². The first-order valence-electron chi connectivity index (χ1n) is 5.96. The molecule has 1 fully saturated rings. The largest absolute Gasteiger partial charge is 0.328 e. The summed E-state index contributed by atoms with van der Waals surface area (Å²) in [4.78, 5) is 0. The second-order valence-corrected chi connectivity index (χ2v) is 4.43. The lowest BCUT2D eigenvalue weighted by atomic mass is 9.91. The first-order valence-corrected chi connectivity index (χ1v) is 5.96. The molecule has 0 atom stereocenters. The van der Waals surface area contributed by atoms with Gasteiger partial charge in [-0.3, -0.25) is 0 Å². The summed E-state index contributed by atoms with van der Waals surface area (Å²) < 4.78 is 0. The molecule has 13 heavy (non-hydrogen) atoms. The van der Waals surface area contributed by atoms with Crippen LogP contribution in [0.2, 0.25) is 0 Å². The molecule has 0 radical (unpaired) electrons. The molecule has 0 saturated heterocycles. The minimum absolute atomic E-state index is 0.507. The van der Waals surface area contributed by atoms with Gasteiger partial charge in [0, 0.05) is 6.04 Å². The summed E-state index contributed by atoms with van der Waals surface area (Å²) in [5.41, 5.74) is 5.85. The van der Waals surface area contributed by atoms with Crippen molar-refractivity contribution in [3.63, 3.8) is 0 Å². The van der Waals surface area contributed by atoms with Gasteiger partial charge in [-0.2, -0.15) is 0 Å². The van der Waals surface area contributed by atoms with E-state index in [0.717, 1.165) is 5.92 Å². The van der Waals surface area contributed by atoms with Crippen LogP contribution in [-0.2, 0) is 0 Å². The highest BCUT2D eigenvalue weighted by Gasteiger charge is 2.09. The Morgan fingerprint density at radius 2 is 1.38 bits per heavy atom. The SMILES string of the molecule is CC1CCCC(N)CCC1.CCC. The van der Waals surface area contributed by atoms with Gasteiger partial charge in [0.25, 0.3) is 0 Å². The van der Waals surface area contributed by atoms with Crippen molar-refractivity contribution < 1.29 is 0 Å². The maximum absolute atomic E-state index is 5.85. The van der Waals surface area contributed by atoms with Gasteiger partial charge >= 0.3 is 0 Å². The molecule has 0 heterocycles. The molecule has 80 valence electrons. The average Bonchev–Trinajstić information content (AvgIpc) is 2.02. The van der Waals surface area contributed by atoms with E-state index < -0.39 is 0 Å². The van der Waals surface area contributed by atoms with E-state index >= 15 is 0 Å². The second-order valence-electron chi connectivity index (χ2n) is 4.43. The van der Waals surface area contributed by atoms with Gasteiger partial charge in [0.1, 0.15) is 0 Å². The molecule has 0 aromatic carbocycles. The Morgan fingerprint density at radius 1 is 1.00 bits per heavy atom. The number of rotatable bonds is 0. The lowest BCUT2D eigenvalue weighted by Gasteiger charge is -2.18. The smallest absolute Gasteiger partial charge is 0.00388 e. The summed E-state index contributed by atoms with van der Waals surface area (Å²) >= 11 is 0. The van der Waals surface area contributed by atoms with Crippen LogP contribution in [0.3, 0.4) is 0 Å². The van der Waals surface area contributed by atoms with Gasteiger partial charge < -0.3 is 5.73 Å². The van der Waals surface area contributed by atoms with E-state index in [9.17, 15) is 0 Å². The molecule has 1 aliphatic carbocycles. The van der Waals surface area contributed by atoms with E-state index in [0.29, 0.717) is 6.04 Å². The average molecular weight is 185 g/mol. The first-order chi connectivity index (χ1) is 6.20. The van der Waals surface area contributed by atoms with Gasteiger partial charge in [0.05, 0.1) is 0 Å². The Morgan fingerprint density at radius 3 is 1.77 bits per heavy atom. The highest BCUT2D eigenvalue weighted by molar-refractivity contribution is 4.67. The molecule has 2 N–H and O–H groups in total. The fraction of sp³-hybridized carbons (Fsp3) is 1.00. The minimum atomic E-state index is 0.507. The maximum atomic E-state index is 5.85. The van der Waals surface area contributed by atoms with Gasteiger partial charge in [-0.05, 0) is 18.8 Å². The quantitative estimate of drug-likeness (QED) is 0.611. The molecule has 1 nitrogen and oxygen atoms in total.